The van der Waals surface area contributed by atoms with Crippen LogP contribution in [0.3, 0.4) is 0 Å². The Labute approximate surface area is 173 Å². The standard InChI is InChI=1S/C22H23F2N3O3/c23-22(24)29-19-9-8-18(15-20(19)30-22)25-21(28)16-27-13-11-26(12-14-27)10-4-7-17-5-2-1-3-6-17/h1-9,15H,10-14,16H2,(H,25,28). The number of nitrogens with zero attached hydrogens (tertiary/aromatic N) is 2. The Hall–Kier alpha value is -2.97. The number of nitrogens with one attached hydrogen (secondary N) is 1. The number of hydrogen-bond donors (Lipinski definition) is 1. The molecule has 0 atom stereocenters. The quantitative estimate of drug-likeness (QED) is 0.785. The average Bonchev–Trinajstić information content (AvgIpc) is 3.03. The fourth-order valence-electron chi connectivity index (χ4n) is 3.46. The summed E-state index contributed by atoms with van der Waals surface area (Å²) in [7, 11) is 0. The van der Waals surface area contributed by atoms with Gasteiger partial charge in [-0.15, -0.1) is 8.78 Å². The number of rotatable bonds is 6. The first kappa shape index (κ1) is 20.3. The Morgan fingerprint density at radius 2 is 1.70 bits per heavy atom. The number of fused-ring (bicyclic) bond motifs is 1. The number of hydrogen-bond acceptors (Lipinski definition) is 5. The monoisotopic (exact) mass is 415 g/mol. The van der Waals surface area contributed by atoms with Gasteiger partial charge in [0.1, 0.15) is 0 Å². The molecule has 0 radical (unpaired) electrons. The zero-order valence-corrected chi connectivity index (χ0v) is 16.4. The minimum absolute atomic E-state index is 0.0459. The van der Waals surface area contributed by atoms with Gasteiger partial charge in [0.15, 0.2) is 11.5 Å². The molecule has 1 amide bonds. The molecule has 2 heterocycles. The second-order valence-corrected chi connectivity index (χ2v) is 7.27. The lowest BCUT2D eigenvalue weighted by atomic mass is 10.2. The van der Waals surface area contributed by atoms with E-state index in [2.05, 4.69) is 48.9 Å². The number of amides is 1. The summed E-state index contributed by atoms with van der Waals surface area (Å²) >= 11 is 0. The van der Waals surface area contributed by atoms with Crippen LogP contribution in [0.15, 0.2) is 54.6 Å². The Kier molecular flexibility index (Phi) is 5.96. The molecule has 0 saturated carbocycles. The summed E-state index contributed by atoms with van der Waals surface area (Å²) in [6, 6.07) is 14.4. The molecule has 1 N–H and O–H groups in total. The van der Waals surface area contributed by atoms with Crippen molar-refractivity contribution in [3.8, 4) is 11.5 Å². The van der Waals surface area contributed by atoms with E-state index in [0.29, 0.717) is 5.69 Å². The molecular weight excluding hydrogens is 392 g/mol. The van der Waals surface area contributed by atoms with Crippen molar-refractivity contribution in [2.75, 3.05) is 44.6 Å². The van der Waals surface area contributed by atoms with Crippen molar-refractivity contribution in [3.05, 3.63) is 60.2 Å². The average molecular weight is 415 g/mol. The van der Waals surface area contributed by atoms with Gasteiger partial charge in [-0.2, -0.15) is 0 Å². The van der Waals surface area contributed by atoms with Crippen LogP contribution >= 0.6 is 0 Å². The lowest BCUT2D eigenvalue weighted by Gasteiger charge is -2.33. The van der Waals surface area contributed by atoms with Gasteiger partial charge in [-0.1, -0.05) is 42.5 Å². The summed E-state index contributed by atoms with van der Waals surface area (Å²) in [6.45, 7) is 4.46. The van der Waals surface area contributed by atoms with E-state index in [9.17, 15) is 13.6 Å². The molecule has 158 valence electrons. The Morgan fingerprint density at radius 3 is 2.47 bits per heavy atom. The van der Waals surface area contributed by atoms with E-state index < -0.39 is 6.29 Å². The maximum absolute atomic E-state index is 13.1. The predicted molar refractivity (Wildman–Crippen MR) is 110 cm³/mol. The van der Waals surface area contributed by atoms with Gasteiger partial charge in [0.05, 0.1) is 6.54 Å². The number of benzene rings is 2. The topological polar surface area (TPSA) is 54.0 Å². The van der Waals surface area contributed by atoms with Crippen LogP contribution in [-0.2, 0) is 4.79 Å². The highest BCUT2D eigenvalue weighted by Gasteiger charge is 2.43. The van der Waals surface area contributed by atoms with Crippen LogP contribution in [-0.4, -0.2) is 61.3 Å². The molecule has 1 fully saturated rings. The number of carbonyl (C=O) groups is 1. The van der Waals surface area contributed by atoms with Crippen LogP contribution in [0.25, 0.3) is 6.08 Å². The third kappa shape index (κ3) is 5.34. The van der Waals surface area contributed by atoms with Gasteiger partial charge < -0.3 is 14.8 Å². The van der Waals surface area contributed by atoms with Gasteiger partial charge in [-0.3, -0.25) is 14.6 Å². The lowest BCUT2D eigenvalue weighted by Crippen LogP contribution is -2.48. The van der Waals surface area contributed by atoms with Crippen molar-refractivity contribution in [2.24, 2.45) is 0 Å². The second kappa shape index (κ2) is 8.81. The molecule has 0 spiro atoms. The highest BCUT2D eigenvalue weighted by Crippen LogP contribution is 2.42. The highest BCUT2D eigenvalue weighted by molar-refractivity contribution is 5.92. The van der Waals surface area contributed by atoms with Crippen LogP contribution in [0, 0.1) is 0 Å². The minimum Gasteiger partial charge on any atom is -0.395 e. The van der Waals surface area contributed by atoms with E-state index >= 15 is 0 Å². The fraction of sp³-hybridized carbons (Fsp3) is 0.318. The molecule has 0 bridgehead atoms. The molecule has 0 unspecified atom stereocenters. The first-order chi connectivity index (χ1) is 14.5. The van der Waals surface area contributed by atoms with E-state index in [0.717, 1.165) is 32.7 Å². The Bertz CT molecular complexity index is 913. The summed E-state index contributed by atoms with van der Waals surface area (Å²) in [5.74, 6) is -0.330. The summed E-state index contributed by atoms with van der Waals surface area (Å²) in [5, 5.41) is 2.72. The van der Waals surface area contributed by atoms with Gasteiger partial charge >= 0.3 is 6.29 Å². The van der Waals surface area contributed by atoms with Crippen LogP contribution in [0.5, 0.6) is 11.5 Å². The summed E-state index contributed by atoms with van der Waals surface area (Å²) in [5.41, 5.74) is 1.57. The molecule has 0 aromatic heterocycles. The summed E-state index contributed by atoms with van der Waals surface area (Å²) in [6.07, 6.45) is 0.600. The van der Waals surface area contributed by atoms with Gasteiger partial charge in [0.2, 0.25) is 5.91 Å². The number of halogens is 2. The van der Waals surface area contributed by atoms with Crippen LogP contribution in [0.1, 0.15) is 5.56 Å². The first-order valence-corrected chi connectivity index (χ1v) is 9.83. The molecule has 2 aromatic carbocycles. The number of carbonyl (C=O) groups excluding carboxylic acids is 1. The number of piperazine rings is 1. The number of anilines is 1. The van der Waals surface area contributed by atoms with E-state index in [4.69, 9.17) is 0 Å². The van der Waals surface area contributed by atoms with E-state index in [1.807, 2.05) is 18.2 Å². The van der Waals surface area contributed by atoms with Gasteiger partial charge in [-0.25, -0.2) is 0 Å². The summed E-state index contributed by atoms with van der Waals surface area (Å²) < 4.78 is 34.9. The predicted octanol–water partition coefficient (Wildman–Crippen LogP) is 3.28. The van der Waals surface area contributed by atoms with Gasteiger partial charge in [-0.05, 0) is 17.7 Å². The third-order valence-corrected chi connectivity index (χ3v) is 4.99. The number of alkyl halides is 2. The molecule has 8 heteroatoms. The molecule has 2 aliphatic heterocycles. The maximum atomic E-state index is 13.1. The smallest absolute Gasteiger partial charge is 0.395 e. The van der Waals surface area contributed by atoms with E-state index in [1.165, 1.54) is 23.8 Å². The SMILES string of the molecule is O=C(CN1CCN(CC=Cc2ccccc2)CC1)Nc1ccc2c(c1)OC(F)(F)O2. The summed E-state index contributed by atoms with van der Waals surface area (Å²) in [4.78, 5) is 16.7. The number of ether oxygens (including phenoxy) is 2. The zero-order chi connectivity index (χ0) is 21.0. The van der Waals surface area contributed by atoms with Gasteiger partial charge in [0.25, 0.3) is 0 Å². The van der Waals surface area contributed by atoms with Crippen LogP contribution < -0.4 is 14.8 Å². The zero-order valence-electron chi connectivity index (χ0n) is 16.4. The van der Waals surface area contributed by atoms with Crippen molar-refractivity contribution in [2.45, 2.75) is 6.29 Å². The maximum Gasteiger partial charge on any atom is 0.586 e. The molecule has 1 saturated heterocycles. The molecule has 2 aliphatic rings. The van der Waals surface area contributed by atoms with Gasteiger partial charge in [0, 0.05) is 44.5 Å². The Morgan fingerprint density at radius 1 is 1.00 bits per heavy atom. The largest absolute Gasteiger partial charge is 0.586 e. The van der Waals surface area contributed by atoms with Crippen LogP contribution in [0.2, 0.25) is 0 Å². The van der Waals surface area contributed by atoms with E-state index in [1.54, 1.807) is 0 Å². The second-order valence-electron chi connectivity index (χ2n) is 7.27. The van der Waals surface area contributed by atoms with Crippen molar-refractivity contribution >= 4 is 17.7 Å². The van der Waals surface area contributed by atoms with E-state index in [-0.39, 0.29) is 24.0 Å². The minimum atomic E-state index is -3.67. The molecular formula is C22H23F2N3O3. The molecule has 30 heavy (non-hydrogen) atoms. The lowest BCUT2D eigenvalue weighted by molar-refractivity contribution is -0.286. The van der Waals surface area contributed by atoms with Crippen molar-refractivity contribution in [1.29, 1.82) is 0 Å². The highest BCUT2D eigenvalue weighted by atomic mass is 19.3. The van der Waals surface area contributed by atoms with Crippen molar-refractivity contribution < 1.29 is 23.0 Å². The normalized spacial score (nSPS) is 18.6. The first-order valence-electron chi connectivity index (χ1n) is 9.83. The molecule has 6 nitrogen and oxygen atoms in total. The fourth-order valence-corrected chi connectivity index (χ4v) is 3.46. The van der Waals surface area contributed by atoms with Crippen LogP contribution in [0.4, 0.5) is 14.5 Å². The molecule has 2 aromatic rings. The third-order valence-electron chi connectivity index (χ3n) is 4.99. The van der Waals surface area contributed by atoms with Crippen molar-refractivity contribution in [1.82, 2.24) is 9.80 Å². The Balaban J connectivity index is 1.20. The van der Waals surface area contributed by atoms with Crippen molar-refractivity contribution in [3.63, 3.8) is 0 Å². The molecule has 0 aliphatic carbocycles. The molecule has 4 rings (SSSR count).